The normalized spacial score (nSPS) is 12.3. The van der Waals surface area contributed by atoms with Crippen LogP contribution in [0.4, 0.5) is 0 Å². The summed E-state index contributed by atoms with van der Waals surface area (Å²) in [5, 5.41) is 20.9. The molecule has 0 radical (unpaired) electrons. The van der Waals surface area contributed by atoms with E-state index in [1.54, 1.807) is 16.7 Å². The number of aryl methyl sites for hydroxylation is 1. The van der Waals surface area contributed by atoms with Crippen LogP contribution < -0.4 is 4.74 Å². The molecular weight excluding hydrogens is 356 g/mol. The van der Waals surface area contributed by atoms with Crippen molar-refractivity contribution >= 4 is 23.3 Å². The molecule has 0 amide bonds. The molecule has 1 aromatic carbocycles. The van der Waals surface area contributed by atoms with Crippen molar-refractivity contribution in [2.45, 2.75) is 13.0 Å². The molecule has 1 aliphatic rings. The lowest BCUT2D eigenvalue weighted by atomic mass is 9.94. The molecule has 3 heterocycles. The van der Waals surface area contributed by atoms with Crippen molar-refractivity contribution in [1.29, 1.82) is 0 Å². The average molecular weight is 370 g/mol. The molecule has 3 aromatic rings. The number of nitrogens with zero attached hydrogens (tertiary/aromatic N) is 2. The van der Waals surface area contributed by atoms with Crippen LogP contribution in [0.5, 0.6) is 5.75 Å². The molecule has 1 aliphatic heterocycles. The highest BCUT2D eigenvalue weighted by Crippen LogP contribution is 2.41. The summed E-state index contributed by atoms with van der Waals surface area (Å²) >= 11 is 1.46. The summed E-state index contributed by atoms with van der Waals surface area (Å²) in [5.74, 6) is -1.95. The van der Waals surface area contributed by atoms with Crippen LogP contribution in [0.25, 0.3) is 21.8 Å². The first kappa shape index (κ1) is 16.3. The summed E-state index contributed by atoms with van der Waals surface area (Å²) < 4.78 is 6.86. The highest BCUT2D eigenvalue weighted by molar-refractivity contribution is 7.13. The summed E-state index contributed by atoms with van der Waals surface area (Å²) in [5.41, 5.74) is 2.82. The minimum Gasteiger partial charge on any atom is -0.496 e. The number of carbonyl (C=O) groups is 2. The molecular formula is C18H14N2O5S. The lowest BCUT2D eigenvalue weighted by molar-refractivity contribution is 0.0672. The molecule has 0 bridgehead atoms. The van der Waals surface area contributed by atoms with Crippen LogP contribution in [0.2, 0.25) is 0 Å². The number of hydrogen-bond donors (Lipinski definition) is 2. The van der Waals surface area contributed by atoms with E-state index in [0.29, 0.717) is 35.7 Å². The van der Waals surface area contributed by atoms with E-state index in [1.165, 1.54) is 18.4 Å². The number of hydrogen-bond acceptors (Lipinski definition) is 5. The van der Waals surface area contributed by atoms with Gasteiger partial charge in [0.1, 0.15) is 17.0 Å². The predicted molar refractivity (Wildman–Crippen MR) is 95.2 cm³/mol. The van der Waals surface area contributed by atoms with Crippen molar-refractivity contribution in [3.63, 3.8) is 0 Å². The van der Waals surface area contributed by atoms with Gasteiger partial charge in [-0.1, -0.05) is 6.07 Å². The maximum absolute atomic E-state index is 11.6. The van der Waals surface area contributed by atoms with Crippen LogP contribution in [-0.2, 0) is 13.0 Å². The van der Waals surface area contributed by atoms with E-state index in [2.05, 4.69) is 4.98 Å². The zero-order chi connectivity index (χ0) is 18.4. The quantitative estimate of drug-likeness (QED) is 0.731. The second kappa shape index (κ2) is 5.99. The number of carboxylic acids is 2. The number of ether oxygens (including phenoxy) is 1. The Morgan fingerprint density at radius 2 is 2.08 bits per heavy atom. The summed E-state index contributed by atoms with van der Waals surface area (Å²) in [7, 11) is 1.43. The highest BCUT2D eigenvalue weighted by atomic mass is 32.1. The minimum absolute atomic E-state index is 0.0369. The number of carboxylic acid groups (broad SMARTS) is 2. The lowest BCUT2D eigenvalue weighted by Gasteiger charge is -2.22. The van der Waals surface area contributed by atoms with Gasteiger partial charge in [-0.25, -0.2) is 14.6 Å². The zero-order valence-corrected chi connectivity index (χ0v) is 14.5. The molecule has 7 nitrogen and oxygen atoms in total. The van der Waals surface area contributed by atoms with E-state index in [9.17, 15) is 19.8 Å². The van der Waals surface area contributed by atoms with Gasteiger partial charge in [0.05, 0.1) is 17.7 Å². The van der Waals surface area contributed by atoms with Crippen LogP contribution >= 0.6 is 11.3 Å². The largest absolute Gasteiger partial charge is 0.496 e. The van der Waals surface area contributed by atoms with Gasteiger partial charge in [-0.15, -0.1) is 11.3 Å². The van der Waals surface area contributed by atoms with Gasteiger partial charge in [-0.3, -0.25) is 0 Å². The van der Waals surface area contributed by atoms with Gasteiger partial charge >= 0.3 is 11.9 Å². The van der Waals surface area contributed by atoms with Crippen molar-refractivity contribution in [3.8, 4) is 27.6 Å². The van der Waals surface area contributed by atoms with E-state index in [4.69, 9.17) is 4.74 Å². The number of rotatable bonds is 4. The average Bonchev–Trinajstić information content (AvgIpc) is 3.27. The van der Waals surface area contributed by atoms with Crippen molar-refractivity contribution in [2.24, 2.45) is 0 Å². The lowest BCUT2D eigenvalue weighted by Crippen LogP contribution is -2.17. The van der Waals surface area contributed by atoms with E-state index < -0.39 is 11.9 Å². The van der Waals surface area contributed by atoms with Crippen molar-refractivity contribution in [3.05, 3.63) is 46.6 Å². The summed E-state index contributed by atoms with van der Waals surface area (Å²) in [6.45, 7) is 0.456. The molecule has 8 heteroatoms. The number of benzene rings is 1. The molecule has 0 spiro atoms. The number of fused-ring (bicyclic) bond motifs is 3. The Hall–Kier alpha value is -3.13. The Kier molecular flexibility index (Phi) is 3.77. The number of imidazole rings is 1. The number of aromatic carboxylic acids is 2. The molecule has 0 saturated carbocycles. The Morgan fingerprint density at radius 1 is 1.27 bits per heavy atom. The maximum atomic E-state index is 11.6. The third-order valence-corrected chi connectivity index (χ3v) is 5.31. The van der Waals surface area contributed by atoms with Crippen LogP contribution in [0.3, 0.4) is 0 Å². The van der Waals surface area contributed by atoms with E-state index in [0.717, 1.165) is 10.4 Å². The molecule has 2 aromatic heterocycles. The minimum atomic E-state index is -1.11. The fraction of sp³-hybridized carbons (Fsp3) is 0.167. The topological polar surface area (TPSA) is 102 Å². The molecule has 132 valence electrons. The Morgan fingerprint density at radius 3 is 2.69 bits per heavy atom. The van der Waals surface area contributed by atoms with Crippen molar-refractivity contribution < 1.29 is 24.5 Å². The first-order chi connectivity index (χ1) is 12.5. The van der Waals surface area contributed by atoms with Gasteiger partial charge < -0.3 is 19.5 Å². The van der Waals surface area contributed by atoms with Gasteiger partial charge in [0.2, 0.25) is 5.82 Å². The molecule has 26 heavy (non-hydrogen) atoms. The van der Waals surface area contributed by atoms with Crippen molar-refractivity contribution in [2.75, 3.05) is 7.11 Å². The maximum Gasteiger partial charge on any atom is 0.372 e. The third kappa shape index (κ3) is 2.38. The monoisotopic (exact) mass is 370 g/mol. The molecule has 0 unspecified atom stereocenters. The molecule has 0 atom stereocenters. The number of thiophene rings is 1. The fourth-order valence-corrected chi connectivity index (χ4v) is 4.02. The summed E-state index contributed by atoms with van der Waals surface area (Å²) in [6, 6.07) is 7.00. The molecule has 0 aliphatic carbocycles. The Balaban J connectivity index is 2.04. The highest BCUT2D eigenvalue weighted by Gasteiger charge is 2.30. The molecule has 0 fully saturated rings. The van der Waals surface area contributed by atoms with Gasteiger partial charge in [0, 0.05) is 12.1 Å². The van der Waals surface area contributed by atoms with Crippen LogP contribution in [0, 0.1) is 0 Å². The van der Waals surface area contributed by atoms with E-state index in [1.807, 2.05) is 17.5 Å². The van der Waals surface area contributed by atoms with Gasteiger partial charge in [-0.2, -0.15) is 0 Å². The fourth-order valence-electron chi connectivity index (χ4n) is 3.31. The first-order valence-corrected chi connectivity index (χ1v) is 8.71. The SMILES string of the molecule is COc1cc2c(cc1C(=O)O)-c1c(-c3cccs3)nc(C(=O)O)n1CC2. The van der Waals surface area contributed by atoms with Crippen LogP contribution in [0.1, 0.15) is 26.5 Å². The smallest absolute Gasteiger partial charge is 0.372 e. The Bertz CT molecular complexity index is 1040. The van der Waals surface area contributed by atoms with Gasteiger partial charge in [0.25, 0.3) is 0 Å². The second-order valence-corrected chi connectivity index (χ2v) is 6.78. The van der Waals surface area contributed by atoms with E-state index in [-0.39, 0.29) is 11.4 Å². The standard InChI is InChI=1S/C18H14N2O5S/c1-25-12-7-9-4-5-20-15(10(9)8-11(12)17(21)22)14(13-3-2-6-26-13)19-16(20)18(23)24/h2-3,6-8H,4-5H2,1H3,(H,21,22)(H,23,24). The summed E-state index contributed by atoms with van der Waals surface area (Å²) in [4.78, 5) is 28.4. The Labute approximate surface area is 152 Å². The number of aromatic nitrogens is 2. The van der Waals surface area contributed by atoms with Gasteiger partial charge in [0.15, 0.2) is 0 Å². The molecule has 0 saturated heterocycles. The van der Waals surface area contributed by atoms with E-state index >= 15 is 0 Å². The molecule has 4 rings (SSSR count). The van der Waals surface area contributed by atoms with Gasteiger partial charge in [-0.05, 0) is 35.6 Å². The number of methoxy groups -OCH3 is 1. The van der Waals surface area contributed by atoms with Crippen LogP contribution in [-0.4, -0.2) is 38.8 Å². The van der Waals surface area contributed by atoms with Crippen molar-refractivity contribution in [1.82, 2.24) is 9.55 Å². The third-order valence-electron chi connectivity index (χ3n) is 4.43. The predicted octanol–water partition coefficient (Wildman–Crippen LogP) is 3.24. The molecule has 2 N–H and O–H groups in total. The second-order valence-electron chi connectivity index (χ2n) is 5.83. The summed E-state index contributed by atoms with van der Waals surface area (Å²) in [6.07, 6.45) is 0.569. The van der Waals surface area contributed by atoms with Crippen LogP contribution in [0.15, 0.2) is 29.6 Å². The zero-order valence-electron chi connectivity index (χ0n) is 13.7. The first-order valence-electron chi connectivity index (χ1n) is 7.83.